The molecule has 1 N–H and O–H groups in total. The molecule has 5 nitrogen and oxygen atoms in total. The van der Waals surface area contributed by atoms with Gasteiger partial charge in [0.2, 0.25) is 0 Å². The summed E-state index contributed by atoms with van der Waals surface area (Å²) in [5.74, 6) is 0.617. The molecule has 1 aliphatic rings. The van der Waals surface area contributed by atoms with Gasteiger partial charge in [-0.3, -0.25) is 9.78 Å². The average molecular weight is 315 g/mol. The number of amides is 1. The predicted octanol–water partition coefficient (Wildman–Crippen LogP) is 2.89. The van der Waals surface area contributed by atoms with E-state index in [1.807, 2.05) is 30.3 Å². The van der Waals surface area contributed by atoms with Crippen LogP contribution < -0.4 is 5.32 Å². The third kappa shape index (κ3) is 3.84. The second-order valence-electron chi connectivity index (χ2n) is 4.96. The highest BCUT2D eigenvalue weighted by Crippen LogP contribution is 2.27. The number of hydrogen-bond acceptors (Lipinski definition) is 5. The van der Waals surface area contributed by atoms with Gasteiger partial charge >= 0.3 is 0 Å². The van der Waals surface area contributed by atoms with Gasteiger partial charge in [-0.1, -0.05) is 17.8 Å². The molecule has 0 aliphatic carbocycles. The van der Waals surface area contributed by atoms with Crippen LogP contribution in [-0.4, -0.2) is 28.6 Å². The molecule has 0 spiro atoms. The van der Waals surface area contributed by atoms with Crippen molar-refractivity contribution in [1.82, 2.24) is 9.97 Å². The molecule has 1 atom stereocenters. The highest BCUT2D eigenvalue weighted by Gasteiger charge is 2.24. The third-order valence-electron chi connectivity index (χ3n) is 3.33. The molecule has 0 aromatic carbocycles. The van der Waals surface area contributed by atoms with E-state index < -0.39 is 0 Å². The monoisotopic (exact) mass is 315 g/mol. The van der Waals surface area contributed by atoms with Crippen LogP contribution in [-0.2, 0) is 15.3 Å². The fraction of sp³-hybridized carbons (Fsp3) is 0.312. The summed E-state index contributed by atoms with van der Waals surface area (Å²) in [5.41, 5.74) is 1.71. The first kappa shape index (κ1) is 15.0. The van der Waals surface area contributed by atoms with Gasteiger partial charge in [-0.05, 0) is 37.1 Å². The Morgan fingerprint density at radius 2 is 2.18 bits per heavy atom. The lowest BCUT2D eigenvalue weighted by Crippen LogP contribution is -2.27. The van der Waals surface area contributed by atoms with Crippen LogP contribution in [0.25, 0.3) is 0 Å². The molecule has 1 aliphatic heterocycles. The fourth-order valence-electron chi connectivity index (χ4n) is 2.22. The number of hydrogen-bond donors (Lipinski definition) is 1. The molecule has 0 bridgehead atoms. The van der Waals surface area contributed by atoms with E-state index in [1.54, 1.807) is 24.2 Å². The lowest BCUT2D eigenvalue weighted by Gasteiger charge is -2.12. The number of aromatic nitrogens is 2. The number of anilines is 1. The standard InChI is InChI=1S/C16H17N3O2S/c20-15(14-7-4-10-21-14)19-13-6-3-9-18-16(13)22-11-12-5-1-2-8-17-12/h1-3,5-6,8-9,14H,4,7,10-11H2,(H,19,20). The Hall–Kier alpha value is -1.92. The highest BCUT2D eigenvalue weighted by atomic mass is 32.2. The summed E-state index contributed by atoms with van der Waals surface area (Å²) in [7, 11) is 0. The zero-order chi connectivity index (χ0) is 15.2. The van der Waals surface area contributed by atoms with Crippen LogP contribution in [0.2, 0.25) is 0 Å². The minimum absolute atomic E-state index is 0.0924. The summed E-state index contributed by atoms with van der Waals surface area (Å²) in [6.45, 7) is 0.659. The van der Waals surface area contributed by atoms with Crippen molar-refractivity contribution >= 4 is 23.4 Å². The number of pyridine rings is 2. The Morgan fingerprint density at radius 1 is 1.27 bits per heavy atom. The van der Waals surface area contributed by atoms with E-state index in [9.17, 15) is 4.79 Å². The van der Waals surface area contributed by atoms with Crippen molar-refractivity contribution in [3.05, 3.63) is 48.4 Å². The van der Waals surface area contributed by atoms with Gasteiger partial charge in [-0.2, -0.15) is 0 Å². The zero-order valence-corrected chi connectivity index (χ0v) is 12.9. The van der Waals surface area contributed by atoms with Crippen LogP contribution >= 0.6 is 11.8 Å². The molecule has 2 aromatic heterocycles. The van der Waals surface area contributed by atoms with Gasteiger partial charge in [0, 0.05) is 24.8 Å². The van der Waals surface area contributed by atoms with Crippen LogP contribution in [0.15, 0.2) is 47.8 Å². The molecule has 0 radical (unpaired) electrons. The van der Waals surface area contributed by atoms with Crippen molar-refractivity contribution in [3.8, 4) is 0 Å². The molecular formula is C16H17N3O2S. The first-order chi connectivity index (χ1) is 10.8. The minimum atomic E-state index is -0.339. The Bertz CT molecular complexity index is 630. The Balaban J connectivity index is 1.65. The normalized spacial score (nSPS) is 17.4. The summed E-state index contributed by atoms with van der Waals surface area (Å²) in [4.78, 5) is 20.8. The van der Waals surface area contributed by atoms with Crippen molar-refractivity contribution in [3.63, 3.8) is 0 Å². The maximum absolute atomic E-state index is 12.2. The van der Waals surface area contributed by atoms with Gasteiger partial charge in [-0.25, -0.2) is 4.98 Å². The van der Waals surface area contributed by atoms with Gasteiger partial charge in [0.15, 0.2) is 0 Å². The van der Waals surface area contributed by atoms with Crippen molar-refractivity contribution in [2.45, 2.75) is 29.7 Å². The number of nitrogens with zero attached hydrogens (tertiary/aromatic N) is 2. The van der Waals surface area contributed by atoms with E-state index in [-0.39, 0.29) is 12.0 Å². The topological polar surface area (TPSA) is 64.1 Å². The second-order valence-corrected chi connectivity index (χ2v) is 5.92. The van der Waals surface area contributed by atoms with Gasteiger partial charge < -0.3 is 10.1 Å². The number of rotatable bonds is 5. The quantitative estimate of drug-likeness (QED) is 0.860. The Morgan fingerprint density at radius 3 is 2.95 bits per heavy atom. The molecule has 1 unspecified atom stereocenters. The van der Waals surface area contributed by atoms with E-state index >= 15 is 0 Å². The molecule has 3 heterocycles. The Kier molecular flexibility index (Phi) is 5.03. The molecule has 6 heteroatoms. The fourth-order valence-corrected chi connectivity index (χ4v) is 3.09. The molecule has 1 amide bonds. The molecular weight excluding hydrogens is 298 g/mol. The summed E-state index contributed by atoms with van der Waals surface area (Å²) < 4.78 is 5.41. The Labute approximate surface area is 133 Å². The summed E-state index contributed by atoms with van der Waals surface area (Å²) >= 11 is 1.56. The summed E-state index contributed by atoms with van der Waals surface area (Å²) in [6.07, 6.45) is 4.88. The number of nitrogens with one attached hydrogen (secondary N) is 1. The lowest BCUT2D eigenvalue weighted by molar-refractivity contribution is -0.124. The number of carbonyl (C=O) groups excluding carboxylic acids is 1. The third-order valence-corrected chi connectivity index (χ3v) is 4.37. The number of carbonyl (C=O) groups is 1. The second kappa shape index (κ2) is 7.38. The van der Waals surface area contributed by atoms with Gasteiger partial charge in [0.25, 0.3) is 5.91 Å². The predicted molar refractivity (Wildman–Crippen MR) is 85.6 cm³/mol. The maximum atomic E-state index is 12.2. The molecule has 114 valence electrons. The van der Waals surface area contributed by atoms with Crippen molar-refractivity contribution in [2.75, 3.05) is 11.9 Å². The van der Waals surface area contributed by atoms with Crippen LogP contribution in [0.5, 0.6) is 0 Å². The van der Waals surface area contributed by atoms with Crippen molar-refractivity contribution < 1.29 is 9.53 Å². The molecule has 22 heavy (non-hydrogen) atoms. The zero-order valence-electron chi connectivity index (χ0n) is 12.1. The highest BCUT2D eigenvalue weighted by molar-refractivity contribution is 7.98. The summed E-state index contributed by atoms with van der Waals surface area (Å²) in [5, 5.41) is 3.71. The van der Waals surface area contributed by atoms with E-state index in [0.717, 1.165) is 29.2 Å². The van der Waals surface area contributed by atoms with Crippen molar-refractivity contribution in [1.29, 1.82) is 0 Å². The minimum Gasteiger partial charge on any atom is -0.368 e. The molecule has 1 saturated heterocycles. The van der Waals surface area contributed by atoms with Crippen LogP contribution in [0, 0.1) is 0 Å². The van der Waals surface area contributed by atoms with E-state index in [1.165, 1.54) is 0 Å². The number of thioether (sulfide) groups is 1. The maximum Gasteiger partial charge on any atom is 0.253 e. The number of ether oxygens (including phenoxy) is 1. The smallest absolute Gasteiger partial charge is 0.253 e. The first-order valence-corrected chi connectivity index (χ1v) is 8.22. The van der Waals surface area contributed by atoms with Crippen LogP contribution in [0.3, 0.4) is 0 Å². The SMILES string of the molecule is O=C(Nc1cccnc1SCc1ccccn1)C1CCCO1. The lowest BCUT2D eigenvalue weighted by atomic mass is 10.2. The summed E-state index contributed by atoms with van der Waals surface area (Å²) in [6, 6.07) is 9.50. The van der Waals surface area contributed by atoms with Crippen molar-refractivity contribution in [2.24, 2.45) is 0 Å². The molecule has 2 aromatic rings. The largest absolute Gasteiger partial charge is 0.368 e. The molecule has 1 fully saturated rings. The van der Waals surface area contributed by atoms with Gasteiger partial charge in [-0.15, -0.1) is 0 Å². The molecule has 3 rings (SSSR count). The van der Waals surface area contributed by atoms with Crippen LogP contribution in [0.4, 0.5) is 5.69 Å². The molecule has 0 saturated carbocycles. The van der Waals surface area contributed by atoms with Gasteiger partial charge in [0.05, 0.1) is 11.4 Å². The van der Waals surface area contributed by atoms with E-state index in [4.69, 9.17) is 4.74 Å². The van der Waals surface area contributed by atoms with E-state index in [2.05, 4.69) is 15.3 Å². The van der Waals surface area contributed by atoms with Crippen LogP contribution in [0.1, 0.15) is 18.5 Å². The van der Waals surface area contributed by atoms with Gasteiger partial charge in [0.1, 0.15) is 11.1 Å². The van der Waals surface area contributed by atoms with E-state index in [0.29, 0.717) is 12.4 Å². The first-order valence-electron chi connectivity index (χ1n) is 7.23. The average Bonchev–Trinajstić information content (AvgIpc) is 3.10.